The van der Waals surface area contributed by atoms with Crippen LogP contribution in [0.2, 0.25) is 0 Å². The summed E-state index contributed by atoms with van der Waals surface area (Å²) >= 11 is 0. The number of hydrogen-bond acceptors (Lipinski definition) is 5. The van der Waals surface area contributed by atoms with E-state index in [1.807, 2.05) is 6.08 Å². The zero-order valence-electron chi connectivity index (χ0n) is 15.7. The standard InChI is InChI=1S/C21H28O5/c1-13(22)26-18-10-14-9-15-12-20(14,5-6-21(15)24-7-8-25-21)19(2)4-3-16(23)11-17(18)19/h11,14-15,18H,3-10,12H2,1-2H3/t14-,15-,18+,19+,20+/m1/s1. The average molecular weight is 360 g/mol. The largest absolute Gasteiger partial charge is 0.458 e. The summed E-state index contributed by atoms with van der Waals surface area (Å²) in [4.78, 5) is 23.9. The molecule has 1 saturated heterocycles. The molecule has 5 atom stereocenters. The van der Waals surface area contributed by atoms with Crippen LogP contribution < -0.4 is 0 Å². The van der Waals surface area contributed by atoms with Gasteiger partial charge in [0, 0.05) is 25.7 Å². The monoisotopic (exact) mass is 360 g/mol. The fourth-order valence-corrected chi connectivity index (χ4v) is 7.23. The van der Waals surface area contributed by atoms with Crippen LogP contribution in [0.4, 0.5) is 0 Å². The quantitative estimate of drug-likeness (QED) is 0.672. The van der Waals surface area contributed by atoms with Crippen LogP contribution in [-0.2, 0) is 23.8 Å². The molecule has 1 heterocycles. The third-order valence-corrected chi connectivity index (χ3v) is 8.36. The van der Waals surface area contributed by atoms with Crippen LogP contribution in [-0.4, -0.2) is 36.9 Å². The Labute approximate surface area is 154 Å². The van der Waals surface area contributed by atoms with Crippen molar-refractivity contribution in [1.82, 2.24) is 0 Å². The fraction of sp³-hybridized carbons (Fsp3) is 0.810. The lowest BCUT2D eigenvalue weighted by Crippen LogP contribution is -2.56. The number of carbonyl (C=O) groups is 2. The van der Waals surface area contributed by atoms with Gasteiger partial charge in [0.1, 0.15) is 6.10 Å². The van der Waals surface area contributed by atoms with E-state index in [2.05, 4.69) is 6.92 Å². The van der Waals surface area contributed by atoms with Gasteiger partial charge in [-0.15, -0.1) is 0 Å². The van der Waals surface area contributed by atoms with Crippen molar-refractivity contribution in [2.24, 2.45) is 22.7 Å². The molecule has 5 nitrogen and oxygen atoms in total. The van der Waals surface area contributed by atoms with Gasteiger partial charge in [0.15, 0.2) is 11.6 Å². The molecular weight excluding hydrogens is 332 g/mol. The van der Waals surface area contributed by atoms with E-state index in [9.17, 15) is 9.59 Å². The molecule has 142 valence electrons. The topological polar surface area (TPSA) is 61.8 Å². The minimum atomic E-state index is -0.385. The lowest BCUT2D eigenvalue weighted by molar-refractivity contribution is -0.222. The van der Waals surface area contributed by atoms with Crippen molar-refractivity contribution in [2.75, 3.05) is 13.2 Å². The van der Waals surface area contributed by atoms with Crippen LogP contribution in [0.3, 0.4) is 0 Å². The van der Waals surface area contributed by atoms with E-state index in [-0.39, 0.29) is 34.5 Å². The summed E-state index contributed by atoms with van der Waals surface area (Å²) < 4.78 is 18.0. The number of esters is 1. The van der Waals surface area contributed by atoms with Crippen molar-refractivity contribution in [2.45, 2.75) is 70.7 Å². The predicted octanol–water partition coefficient (Wildman–Crippen LogP) is 3.17. The second-order valence-electron chi connectivity index (χ2n) is 9.23. The van der Waals surface area contributed by atoms with E-state index < -0.39 is 0 Å². The Hall–Kier alpha value is -1.20. The molecule has 2 spiro atoms. The number of carbonyl (C=O) groups excluding carboxylic acids is 2. The van der Waals surface area contributed by atoms with Crippen LogP contribution in [0.5, 0.6) is 0 Å². The molecular formula is C21H28O5. The van der Waals surface area contributed by atoms with Gasteiger partial charge in [0.25, 0.3) is 0 Å². The molecule has 3 saturated carbocycles. The molecule has 5 rings (SSSR count). The molecule has 5 heteroatoms. The van der Waals surface area contributed by atoms with Gasteiger partial charge in [-0.05, 0) is 60.5 Å². The van der Waals surface area contributed by atoms with Crippen LogP contribution in [0.25, 0.3) is 0 Å². The van der Waals surface area contributed by atoms with Crippen molar-refractivity contribution in [1.29, 1.82) is 0 Å². The Morgan fingerprint density at radius 2 is 1.92 bits per heavy atom. The van der Waals surface area contributed by atoms with Gasteiger partial charge in [0.05, 0.1) is 13.2 Å². The minimum Gasteiger partial charge on any atom is -0.458 e. The Morgan fingerprint density at radius 3 is 2.65 bits per heavy atom. The molecule has 5 aliphatic rings. The van der Waals surface area contributed by atoms with Crippen molar-refractivity contribution in [3.63, 3.8) is 0 Å². The van der Waals surface area contributed by atoms with Gasteiger partial charge in [-0.1, -0.05) is 6.92 Å². The van der Waals surface area contributed by atoms with Gasteiger partial charge >= 0.3 is 5.97 Å². The van der Waals surface area contributed by atoms with E-state index in [1.165, 1.54) is 6.92 Å². The summed E-state index contributed by atoms with van der Waals surface area (Å²) in [5.74, 6) is 0.445. The Bertz CT molecular complexity index is 691. The molecule has 0 amide bonds. The van der Waals surface area contributed by atoms with Gasteiger partial charge in [0.2, 0.25) is 0 Å². The first-order valence-electron chi connectivity index (χ1n) is 10.1. The zero-order valence-corrected chi connectivity index (χ0v) is 15.7. The summed E-state index contributed by atoms with van der Waals surface area (Å²) in [5, 5.41) is 0. The molecule has 4 aliphatic carbocycles. The molecule has 4 fully saturated rings. The second kappa shape index (κ2) is 5.41. The lowest BCUT2D eigenvalue weighted by atomic mass is 9.46. The molecule has 2 bridgehead atoms. The number of ether oxygens (including phenoxy) is 3. The third kappa shape index (κ3) is 2.04. The number of rotatable bonds is 1. The maximum Gasteiger partial charge on any atom is 0.303 e. The number of fused-ring (bicyclic) bond motifs is 3. The van der Waals surface area contributed by atoms with E-state index in [1.54, 1.807) is 0 Å². The maximum atomic E-state index is 12.2. The van der Waals surface area contributed by atoms with Crippen molar-refractivity contribution in [3.8, 4) is 0 Å². The van der Waals surface area contributed by atoms with Crippen LogP contribution >= 0.6 is 0 Å². The summed E-state index contributed by atoms with van der Waals surface area (Å²) in [7, 11) is 0. The smallest absolute Gasteiger partial charge is 0.303 e. The Morgan fingerprint density at radius 1 is 1.15 bits per heavy atom. The van der Waals surface area contributed by atoms with E-state index in [4.69, 9.17) is 14.2 Å². The second-order valence-corrected chi connectivity index (χ2v) is 9.23. The van der Waals surface area contributed by atoms with Crippen LogP contribution in [0.1, 0.15) is 58.8 Å². The van der Waals surface area contributed by atoms with Crippen LogP contribution in [0.15, 0.2) is 11.6 Å². The van der Waals surface area contributed by atoms with Crippen molar-refractivity contribution >= 4 is 11.8 Å². The van der Waals surface area contributed by atoms with Gasteiger partial charge in [-0.25, -0.2) is 0 Å². The SMILES string of the molecule is CC(=O)O[C@H]1C[C@H]2C[C@@H]3C[C@]2(CCC32OCCO2)[C@@]2(C)CCC(=O)C=C12. The van der Waals surface area contributed by atoms with Gasteiger partial charge in [-0.3, -0.25) is 9.59 Å². The Kier molecular flexibility index (Phi) is 3.53. The van der Waals surface area contributed by atoms with E-state index in [0.717, 1.165) is 44.1 Å². The van der Waals surface area contributed by atoms with Crippen molar-refractivity contribution < 1.29 is 23.8 Å². The number of allylic oxidation sites excluding steroid dienone is 1. The summed E-state index contributed by atoms with van der Waals surface area (Å²) in [5.41, 5.74) is 1.19. The predicted molar refractivity (Wildman–Crippen MR) is 93.1 cm³/mol. The number of ketones is 1. The maximum absolute atomic E-state index is 12.2. The number of hydrogen-bond donors (Lipinski definition) is 0. The van der Waals surface area contributed by atoms with Crippen molar-refractivity contribution in [3.05, 3.63) is 11.6 Å². The highest BCUT2D eigenvalue weighted by atomic mass is 16.7. The Balaban J connectivity index is 1.56. The fourth-order valence-electron chi connectivity index (χ4n) is 7.23. The van der Waals surface area contributed by atoms with E-state index in [0.29, 0.717) is 31.5 Å². The highest BCUT2D eigenvalue weighted by Gasteiger charge is 2.69. The minimum absolute atomic E-state index is 0.0705. The third-order valence-electron chi connectivity index (χ3n) is 8.36. The first-order chi connectivity index (χ1) is 12.4. The van der Waals surface area contributed by atoms with Crippen LogP contribution in [0, 0.1) is 22.7 Å². The molecule has 0 aromatic rings. The molecule has 0 unspecified atom stereocenters. The molecule has 0 radical (unpaired) electrons. The molecule has 0 aromatic heterocycles. The first-order valence-corrected chi connectivity index (χ1v) is 10.1. The lowest BCUT2D eigenvalue weighted by Gasteiger charge is -2.60. The zero-order chi connectivity index (χ0) is 18.2. The molecule has 1 aliphatic heterocycles. The average Bonchev–Trinajstić information content (AvgIpc) is 3.17. The summed E-state index contributed by atoms with van der Waals surface area (Å²) in [6, 6.07) is 0. The highest BCUT2D eigenvalue weighted by molar-refractivity contribution is 5.92. The summed E-state index contributed by atoms with van der Waals surface area (Å²) in [6.07, 6.45) is 8.06. The molecule has 0 aromatic carbocycles. The van der Waals surface area contributed by atoms with Gasteiger partial charge < -0.3 is 14.2 Å². The molecule has 26 heavy (non-hydrogen) atoms. The molecule has 0 N–H and O–H groups in total. The normalized spacial score (nSPS) is 45.8. The highest BCUT2D eigenvalue weighted by Crippen LogP contribution is 2.73. The van der Waals surface area contributed by atoms with Gasteiger partial charge in [-0.2, -0.15) is 0 Å². The first kappa shape index (κ1) is 16.9. The van der Waals surface area contributed by atoms with E-state index >= 15 is 0 Å². The summed E-state index contributed by atoms with van der Waals surface area (Å²) in [6.45, 7) is 5.18.